The zero-order valence-corrected chi connectivity index (χ0v) is 15.1. The maximum atomic E-state index is 11.8. The molecule has 8 heteroatoms. The summed E-state index contributed by atoms with van der Waals surface area (Å²) >= 11 is 11.8. The summed E-state index contributed by atoms with van der Waals surface area (Å²) in [6.45, 7) is 0. The predicted molar refractivity (Wildman–Crippen MR) is 102 cm³/mol. The molecule has 0 radical (unpaired) electrons. The van der Waals surface area contributed by atoms with Gasteiger partial charge in [-0.3, -0.25) is 9.59 Å². The Morgan fingerprint density at radius 2 is 1.72 bits per heavy atom. The first-order valence-electron chi connectivity index (χ1n) is 7.23. The smallest absolute Gasteiger partial charge is 0.329 e. The predicted octanol–water partition coefficient (Wildman–Crippen LogP) is 3.15. The van der Waals surface area contributed by atoms with E-state index in [0.717, 1.165) is 11.3 Å². The van der Waals surface area contributed by atoms with E-state index in [-0.39, 0.29) is 10.7 Å². The lowest BCUT2D eigenvalue weighted by Gasteiger charge is -2.11. The molecule has 2 aromatic carbocycles. The van der Waals surface area contributed by atoms with Crippen LogP contribution in [0, 0.1) is 0 Å². The molecule has 0 aliphatic carbocycles. The molecule has 0 fully saturated rings. The number of carbonyl (C=O) groups is 2. The van der Waals surface area contributed by atoms with Crippen LogP contribution in [-0.2, 0) is 9.59 Å². The quantitative estimate of drug-likeness (QED) is 0.487. The minimum absolute atomic E-state index is 0.248. The van der Waals surface area contributed by atoms with Gasteiger partial charge >= 0.3 is 11.8 Å². The molecule has 0 aromatic heterocycles. The highest BCUT2D eigenvalue weighted by molar-refractivity contribution is 6.42. The van der Waals surface area contributed by atoms with Crippen LogP contribution in [0.2, 0.25) is 10.0 Å². The van der Waals surface area contributed by atoms with Gasteiger partial charge in [-0.25, -0.2) is 5.43 Å². The van der Waals surface area contributed by atoms with Gasteiger partial charge in [-0.15, -0.1) is 0 Å². The van der Waals surface area contributed by atoms with Crippen molar-refractivity contribution in [2.75, 3.05) is 24.3 Å². The monoisotopic (exact) mass is 378 g/mol. The Hall–Kier alpha value is -2.57. The van der Waals surface area contributed by atoms with E-state index >= 15 is 0 Å². The Labute approximate surface area is 155 Å². The number of anilines is 2. The van der Waals surface area contributed by atoms with E-state index < -0.39 is 11.8 Å². The van der Waals surface area contributed by atoms with Crippen molar-refractivity contribution in [3.63, 3.8) is 0 Å². The molecule has 0 spiro atoms. The van der Waals surface area contributed by atoms with E-state index in [9.17, 15) is 9.59 Å². The average Bonchev–Trinajstić information content (AvgIpc) is 2.58. The molecule has 130 valence electrons. The van der Waals surface area contributed by atoms with Crippen molar-refractivity contribution < 1.29 is 9.59 Å². The Balaban J connectivity index is 1.92. The molecule has 0 saturated carbocycles. The minimum Gasteiger partial charge on any atom is -0.378 e. The fourth-order valence-corrected chi connectivity index (χ4v) is 2.18. The molecule has 2 rings (SSSR count). The maximum Gasteiger partial charge on any atom is 0.329 e. The molecule has 0 bridgehead atoms. The zero-order valence-electron chi connectivity index (χ0n) is 13.6. The Morgan fingerprint density at radius 1 is 1.04 bits per heavy atom. The van der Waals surface area contributed by atoms with Crippen LogP contribution in [0.15, 0.2) is 47.6 Å². The van der Waals surface area contributed by atoms with E-state index in [1.807, 2.05) is 43.3 Å². The highest BCUT2D eigenvalue weighted by atomic mass is 35.5. The van der Waals surface area contributed by atoms with E-state index in [0.29, 0.717) is 5.02 Å². The van der Waals surface area contributed by atoms with E-state index in [1.165, 1.54) is 18.3 Å². The van der Waals surface area contributed by atoms with Gasteiger partial charge in [0.25, 0.3) is 0 Å². The molecule has 0 aliphatic heterocycles. The van der Waals surface area contributed by atoms with Gasteiger partial charge in [-0.1, -0.05) is 35.3 Å². The molecular weight excluding hydrogens is 363 g/mol. The molecule has 0 saturated heterocycles. The van der Waals surface area contributed by atoms with Gasteiger partial charge in [0, 0.05) is 24.8 Å². The number of benzene rings is 2. The Kier molecular flexibility index (Phi) is 6.38. The lowest BCUT2D eigenvalue weighted by atomic mass is 10.2. The highest BCUT2D eigenvalue weighted by Crippen LogP contribution is 2.25. The first-order valence-corrected chi connectivity index (χ1v) is 7.99. The number of nitrogens with one attached hydrogen (secondary N) is 2. The normalized spacial score (nSPS) is 10.6. The van der Waals surface area contributed by atoms with Crippen molar-refractivity contribution in [3.8, 4) is 0 Å². The lowest BCUT2D eigenvalue weighted by molar-refractivity contribution is -0.136. The third-order valence-electron chi connectivity index (χ3n) is 3.17. The van der Waals surface area contributed by atoms with Crippen LogP contribution in [-0.4, -0.2) is 32.1 Å². The van der Waals surface area contributed by atoms with Gasteiger partial charge in [0.15, 0.2) is 0 Å². The van der Waals surface area contributed by atoms with Crippen molar-refractivity contribution in [1.82, 2.24) is 5.43 Å². The largest absolute Gasteiger partial charge is 0.378 e. The number of hydrogen-bond acceptors (Lipinski definition) is 4. The van der Waals surface area contributed by atoms with Crippen molar-refractivity contribution in [2.24, 2.45) is 5.10 Å². The molecule has 0 heterocycles. The van der Waals surface area contributed by atoms with E-state index in [4.69, 9.17) is 23.2 Å². The molecular formula is C17H16Cl2N4O2. The van der Waals surface area contributed by atoms with Crippen molar-refractivity contribution >= 4 is 52.6 Å². The lowest BCUT2D eigenvalue weighted by Crippen LogP contribution is -2.32. The molecule has 0 aliphatic rings. The summed E-state index contributed by atoms with van der Waals surface area (Å²) in [6.07, 6.45) is 1.44. The molecule has 25 heavy (non-hydrogen) atoms. The number of halogens is 2. The van der Waals surface area contributed by atoms with Crippen molar-refractivity contribution in [3.05, 3.63) is 58.1 Å². The van der Waals surface area contributed by atoms with Crippen molar-refractivity contribution in [2.45, 2.75) is 0 Å². The highest BCUT2D eigenvalue weighted by Gasteiger charge is 2.14. The van der Waals surface area contributed by atoms with Gasteiger partial charge in [-0.2, -0.15) is 5.10 Å². The van der Waals surface area contributed by atoms with Gasteiger partial charge in [0.2, 0.25) is 0 Å². The van der Waals surface area contributed by atoms with Gasteiger partial charge in [0.05, 0.1) is 16.9 Å². The first kappa shape index (κ1) is 18.8. The summed E-state index contributed by atoms with van der Waals surface area (Å²) in [7, 11) is 3.88. The Bertz CT molecular complexity index is 805. The third-order valence-corrected chi connectivity index (χ3v) is 3.74. The summed E-state index contributed by atoms with van der Waals surface area (Å²) in [5, 5.41) is 6.79. The maximum absolute atomic E-state index is 11.8. The first-order chi connectivity index (χ1) is 11.9. The molecule has 0 unspecified atom stereocenters. The summed E-state index contributed by atoms with van der Waals surface area (Å²) in [5.74, 6) is -1.82. The van der Waals surface area contributed by atoms with Crippen LogP contribution in [0.25, 0.3) is 0 Å². The van der Waals surface area contributed by atoms with Crippen LogP contribution < -0.4 is 15.6 Å². The number of hydrazone groups is 1. The third kappa shape index (κ3) is 5.48. The van der Waals surface area contributed by atoms with Crippen LogP contribution in [0.3, 0.4) is 0 Å². The number of hydrogen-bond donors (Lipinski definition) is 2. The summed E-state index contributed by atoms with van der Waals surface area (Å²) in [6, 6.07) is 12.1. The Morgan fingerprint density at radius 3 is 2.36 bits per heavy atom. The average molecular weight is 379 g/mol. The topological polar surface area (TPSA) is 73.8 Å². The molecule has 6 nitrogen and oxygen atoms in total. The fourth-order valence-electron chi connectivity index (χ4n) is 1.85. The summed E-state index contributed by atoms with van der Waals surface area (Å²) < 4.78 is 0. The second-order valence-electron chi connectivity index (χ2n) is 5.26. The second kappa shape index (κ2) is 8.50. The summed E-state index contributed by atoms with van der Waals surface area (Å²) in [4.78, 5) is 25.6. The van der Waals surface area contributed by atoms with Gasteiger partial charge in [0.1, 0.15) is 0 Å². The standard InChI is InChI=1S/C17H16Cl2N4O2/c1-23(2)13-6-3-11(4-7-13)10-20-22-17(25)16(24)21-15-9-12(18)5-8-14(15)19/h3-10H,1-2H3,(H,21,24)(H,22,25)/b20-10-. The van der Waals surface area contributed by atoms with Crippen LogP contribution in [0.1, 0.15) is 5.56 Å². The number of amides is 2. The van der Waals surface area contributed by atoms with Crippen LogP contribution in [0.4, 0.5) is 11.4 Å². The van der Waals surface area contributed by atoms with Gasteiger partial charge in [-0.05, 0) is 35.9 Å². The molecule has 2 aromatic rings. The zero-order chi connectivity index (χ0) is 18.4. The van der Waals surface area contributed by atoms with Crippen LogP contribution >= 0.6 is 23.2 Å². The van der Waals surface area contributed by atoms with Crippen molar-refractivity contribution in [1.29, 1.82) is 0 Å². The van der Waals surface area contributed by atoms with E-state index in [1.54, 1.807) is 6.07 Å². The van der Waals surface area contributed by atoms with Crippen LogP contribution in [0.5, 0.6) is 0 Å². The number of carbonyl (C=O) groups excluding carboxylic acids is 2. The minimum atomic E-state index is -0.919. The SMILES string of the molecule is CN(C)c1ccc(/C=N\NC(=O)C(=O)Nc2cc(Cl)ccc2Cl)cc1. The van der Waals surface area contributed by atoms with E-state index in [2.05, 4.69) is 15.8 Å². The van der Waals surface area contributed by atoms with Gasteiger partial charge < -0.3 is 10.2 Å². The number of rotatable bonds is 4. The molecule has 2 amide bonds. The second-order valence-corrected chi connectivity index (χ2v) is 6.11. The number of nitrogens with zero attached hydrogens (tertiary/aromatic N) is 2. The fraction of sp³-hybridized carbons (Fsp3) is 0.118. The molecule has 0 atom stereocenters. The molecule has 2 N–H and O–H groups in total. The summed E-state index contributed by atoms with van der Waals surface area (Å²) in [5.41, 5.74) is 4.22.